The first-order chi connectivity index (χ1) is 16.4. The number of rotatable bonds is 12. The van der Waals surface area contributed by atoms with E-state index in [4.69, 9.17) is 28.4 Å². The van der Waals surface area contributed by atoms with Gasteiger partial charge in [-0.2, -0.15) is 0 Å². The SMILES string of the molecule is COc1cc(COc2cc(CC(=O)O)cc(OCc3cc(OC)cc(OC)c3)c2)cc(OC)c1. The van der Waals surface area contributed by atoms with Gasteiger partial charge in [-0.25, -0.2) is 0 Å². The van der Waals surface area contributed by atoms with Crippen LogP contribution in [0.1, 0.15) is 16.7 Å². The average molecular weight is 469 g/mol. The summed E-state index contributed by atoms with van der Waals surface area (Å²) < 4.78 is 33.1. The molecule has 0 radical (unpaired) electrons. The lowest BCUT2D eigenvalue weighted by Crippen LogP contribution is -2.03. The minimum Gasteiger partial charge on any atom is -0.497 e. The molecule has 0 aromatic heterocycles. The predicted molar refractivity (Wildman–Crippen MR) is 126 cm³/mol. The van der Waals surface area contributed by atoms with Crippen LogP contribution in [0.15, 0.2) is 54.6 Å². The van der Waals surface area contributed by atoms with Crippen molar-refractivity contribution in [3.63, 3.8) is 0 Å². The minimum absolute atomic E-state index is 0.159. The van der Waals surface area contributed by atoms with Crippen LogP contribution in [0.25, 0.3) is 0 Å². The van der Waals surface area contributed by atoms with Crippen LogP contribution in [0.3, 0.4) is 0 Å². The molecule has 0 heterocycles. The zero-order chi connectivity index (χ0) is 24.5. The van der Waals surface area contributed by atoms with Gasteiger partial charge >= 0.3 is 5.97 Å². The summed E-state index contributed by atoms with van der Waals surface area (Å²) in [6.07, 6.45) is -0.159. The molecule has 180 valence electrons. The monoisotopic (exact) mass is 468 g/mol. The molecule has 0 aliphatic carbocycles. The van der Waals surface area contributed by atoms with Crippen LogP contribution < -0.4 is 28.4 Å². The van der Waals surface area contributed by atoms with Gasteiger partial charge in [0.1, 0.15) is 47.7 Å². The molecule has 3 aromatic carbocycles. The summed E-state index contributed by atoms with van der Waals surface area (Å²) in [7, 11) is 6.32. The molecule has 0 unspecified atom stereocenters. The molecule has 0 aliphatic rings. The van der Waals surface area contributed by atoms with Crippen LogP contribution in [0, 0.1) is 0 Å². The third kappa shape index (κ3) is 6.96. The Morgan fingerprint density at radius 2 is 0.882 bits per heavy atom. The summed E-state index contributed by atoms with van der Waals surface area (Å²) in [5.74, 6) is 2.62. The van der Waals surface area contributed by atoms with E-state index in [9.17, 15) is 9.90 Å². The Labute approximate surface area is 198 Å². The van der Waals surface area contributed by atoms with E-state index < -0.39 is 5.97 Å². The van der Waals surface area contributed by atoms with E-state index in [0.29, 0.717) is 40.1 Å². The van der Waals surface area contributed by atoms with Crippen molar-refractivity contribution < 1.29 is 38.3 Å². The zero-order valence-corrected chi connectivity index (χ0v) is 19.6. The van der Waals surface area contributed by atoms with Crippen LogP contribution in [-0.4, -0.2) is 39.5 Å². The lowest BCUT2D eigenvalue weighted by molar-refractivity contribution is -0.136. The average Bonchev–Trinajstić information content (AvgIpc) is 2.85. The molecule has 3 rings (SSSR count). The first kappa shape index (κ1) is 24.6. The van der Waals surface area contributed by atoms with Gasteiger partial charge in [0.15, 0.2) is 0 Å². The number of aliphatic carboxylic acids is 1. The first-order valence-corrected chi connectivity index (χ1v) is 10.5. The van der Waals surface area contributed by atoms with Gasteiger partial charge in [-0.3, -0.25) is 4.79 Å². The normalized spacial score (nSPS) is 10.4. The van der Waals surface area contributed by atoms with E-state index in [-0.39, 0.29) is 19.6 Å². The van der Waals surface area contributed by atoms with Crippen LogP contribution in [-0.2, 0) is 24.4 Å². The lowest BCUT2D eigenvalue weighted by atomic mass is 10.1. The van der Waals surface area contributed by atoms with Crippen molar-refractivity contribution in [1.82, 2.24) is 0 Å². The van der Waals surface area contributed by atoms with Gasteiger partial charge in [0.25, 0.3) is 0 Å². The Bertz CT molecular complexity index is 1000. The van der Waals surface area contributed by atoms with Gasteiger partial charge in [0.2, 0.25) is 0 Å². The highest BCUT2D eigenvalue weighted by Gasteiger charge is 2.10. The number of carbonyl (C=O) groups is 1. The second-order valence-electron chi connectivity index (χ2n) is 7.40. The molecular formula is C26H28O8. The highest BCUT2D eigenvalue weighted by Crippen LogP contribution is 2.28. The number of methoxy groups -OCH3 is 4. The molecule has 0 saturated heterocycles. The molecular weight excluding hydrogens is 440 g/mol. The van der Waals surface area contributed by atoms with Gasteiger partial charge in [0.05, 0.1) is 34.9 Å². The Morgan fingerprint density at radius 3 is 1.21 bits per heavy atom. The maximum atomic E-state index is 11.3. The van der Waals surface area contributed by atoms with E-state index >= 15 is 0 Å². The maximum Gasteiger partial charge on any atom is 0.307 e. The minimum atomic E-state index is -0.946. The number of hydrogen-bond donors (Lipinski definition) is 1. The molecule has 0 bridgehead atoms. The molecule has 0 spiro atoms. The first-order valence-electron chi connectivity index (χ1n) is 10.5. The second kappa shape index (κ2) is 11.7. The summed E-state index contributed by atoms with van der Waals surface area (Å²) >= 11 is 0. The predicted octanol–water partition coefficient (Wildman–Crippen LogP) is 4.51. The summed E-state index contributed by atoms with van der Waals surface area (Å²) in [5.41, 5.74) is 2.24. The quantitative estimate of drug-likeness (QED) is 0.415. The zero-order valence-electron chi connectivity index (χ0n) is 19.6. The fourth-order valence-corrected chi connectivity index (χ4v) is 3.31. The number of carboxylic acid groups (broad SMARTS) is 1. The summed E-state index contributed by atoms with van der Waals surface area (Å²) in [6, 6.07) is 16.0. The molecule has 3 aromatic rings. The standard InChI is InChI=1S/C26H28O8/c1-29-20-7-18(8-21(12-20)30-2)15-33-24-5-17(11-26(27)28)6-25(14-24)34-16-19-9-22(31-3)13-23(10-19)32-4/h5-10,12-14H,11,15-16H2,1-4H3,(H,27,28). The Morgan fingerprint density at radius 1 is 0.559 bits per heavy atom. The van der Waals surface area contributed by atoms with Crippen LogP contribution in [0.4, 0.5) is 0 Å². The van der Waals surface area contributed by atoms with Crippen LogP contribution in [0.5, 0.6) is 34.5 Å². The van der Waals surface area contributed by atoms with E-state index in [2.05, 4.69) is 0 Å². The van der Waals surface area contributed by atoms with E-state index in [1.165, 1.54) is 0 Å². The second-order valence-corrected chi connectivity index (χ2v) is 7.40. The molecule has 0 saturated carbocycles. The Kier molecular flexibility index (Phi) is 8.45. The van der Waals surface area contributed by atoms with Crippen molar-refractivity contribution in [2.45, 2.75) is 19.6 Å². The van der Waals surface area contributed by atoms with Crippen molar-refractivity contribution in [1.29, 1.82) is 0 Å². The molecule has 8 nitrogen and oxygen atoms in total. The summed E-state index contributed by atoms with van der Waals surface area (Å²) in [5, 5.41) is 9.26. The third-order valence-electron chi connectivity index (χ3n) is 4.93. The highest BCUT2D eigenvalue weighted by atomic mass is 16.5. The van der Waals surface area contributed by atoms with Crippen molar-refractivity contribution in [3.05, 3.63) is 71.3 Å². The molecule has 34 heavy (non-hydrogen) atoms. The molecule has 8 heteroatoms. The maximum absolute atomic E-state index is 11.3. The summed E-state index contributed by atoms with van der Waals surface area (Å²) in [4.78, 5) is 11.3. The van der Waals surface area contributed by atoms with E-state index in [0.717, 1.165) is 11.1 Å². The lowest BCUT2D eigenvalue weighted by Gasteiger charge is -2.14. The molecule has 0 amide bonds. The van der Waals surface area contributed by atoms with Crippen LogP contribution >= 0.6 is 0 Å². The number of hydrogen-bond acceptors (Lipinski definition) is 7. The molecule has 1 N–H and O–H groups in total. The largest absolute Gasteiger partial charge is 0.497 e. The molecule has 0 aliphatic heterocycles. The smallest absolute Gasteiger partial charge is 0.307 e. The fraction of sp³-hybridized carbons (Fsp3) is 0.269. The van der Waals surface area contributed by atoms with Crippen molar-refractivity contribution in [2.24, 2.45) is 0 Å². The van der Waals surface area contributed by atoms with Crippen molar-refractivity contribution in [3.8, 4) is 34.5 Å². The van der Waals surface area contributed by atoms with Crippen LogP contribution in [0.2, 0.25) is 0 Å². The van der Waals surface area contributed by atoms with Gasteiger partial charge in [-0.1, -0.05) is 0 Å². The third-order valence-corrected chi connectivity index (χ3v) is 4.93. The molecule has 0 fully saturated rings. The molecule has 0 atom stereocenters. The fourth-order valence-electron chi connectivity index (χ4n) is 3.31. The number of benzene rings is 3. The summed E-state index contributed by atoms with van der Waals surface area (Å²) in [6.45, 7) is 0.465. The Hall–Kier alpha value is -4.07. The van der Waals surface area contributed by atoms with Gasteiger partial charge in [-0.15, -0.1) is 0 Å². The van der Waals surface area contributed by atoms with Gasteiger partial charge in [-0.05, 0) is 53.1 Å². The Balaban J connectivity index is 1.79. The van der Waals surface area contributed by atoms with Gasteiger partial charge in [0, 0.05) is 18.2 Å². The van der Waals surface area contributed by atoms with E-state index in [1.807, 2.05) is 24.3 Å². The van der Waals surface area contributed by atoms with Crippen molar-refractivity contribution in [2.75, 3.05) is 28.4 Å². The van der Waals surface area contributed by atoms with E-state index in [1.54, 1.807) is 58.8 Å². The highest BCUT2D eigenvalue weighted by molar-refractivity contribution is 5.70. The van der Waals surface area contributed by atoms with Gasteiger partial charge < -0.3 is 33.5 Å². The van der Waals surface area contributed by atoms with Crippen molar-refractivity contribution >= 4 is 5.97 Å². The number of carboxylic acids is 1. The number of ether oxygens (including phenoxy) is 6. The topological polar surface area (TPSA) is 92.7 Å².